The van der Waals surface area contributed by atoms with Crippen molar-refractivity contribution in [3.05, 3.63) is 52.9 Å². The third-order valence-corrected chi connectivity index (χ3v) is 6.01. The highest BCUT2D eigenvalue weighted by molar-refractivity contribution is 7.89. The Morgan fingerprint density at radius 3 is 2.31 bits per heavy atom. The highest BCUT2D eigenvalue weighted by Gasteiger charge is 2.22. The fourth-order valence-corrected chi connectivity index (χ4v) is 4.05. The number of pyridine rings is 1. The summed E-state index contributed by atoms with van der Waals surface area (Å²) in [6.45, 7) is 0.551. The Bertz CT molecular complexity index is 1000. The van der Waals surface area contributed by atoms with Crippen LogP contribution in [0.2, 0.25) is 0 Å². The number of carbonyl (C=O) groups is 1. The second-order valence-electron chi connectivity index (χ2n) is 5.87. The lowest BCUT2D eigenvalue weighted by atomic mass is 10.3. The highest BCUT2D eigenvalue weighted by atomic mass is 32.2. The number of nitrogens with zero attached hydrogens (tertiary/aromatic N) is 2. The van der Waals surface area contributed by atoms with Crippen LogP contribution in [0.15, 0.2) is 52.3 Å². The fraction of sp³-hybridized carbons (Fsp3) is 0.333. The summed E-state index contributed by atoms with van der Waals surface area (Å²) in [5, 5.41) is 2.50. The van der Waals surface area contributed by atoms with Crippen molar-refractivity contribution in [2.75, 3.05) is 18.4 Å². The zero-order chi connectivity index (χ0) is 21.6. The first-order valence-corrected chi connectivity index (χ1v) is 10.2. The van der Waals surface area contributed by atoms with Crippen LogP contribution in [0, 0.1) is 0 Å². The first-order valence-electron chi connectivity index (χ1n) is 8.72. The van der Waals surface area contributed by atoms with Crippen LogP contribution in [-0.4, -0.2) is 42.9 Å². The molecule has 0 bridgehead atoms. The molecule has 0 spiro atoms. The lowest BCUT2D eigenvalue weighted by Crippen LogP contribution is -2.33. The summed E-state index contributed by atoms with van der Waals surface area (Å²) >= 11 is 0. The van der Waals surface area contributed by atoms with E-state index in [0.717, 1.165) is 16.8 Å². The van der Waals surface area contributed by atoms with E-state index in [9.17, 15) is 26.8 Å². The molecule has 2 rings (SSSR count). The van der Waals surface area contributed by atoms with E-state index in [4.69, 9.17) is 0 Å². The number of hydrogen-bond acceptors (Lipinski definition) is 5. The second-order valence-corrected chi connectivity index (χ2v) is 7.81. The molecule has 0 unspecified atom stereocenters. The number of aromatic nitrogens is 1. The number of sulfonamides is 1. The molecule has 11 heteroatoms. The third kappa shape index (κ3) is 5.84. The van der Waals surface area contributed by atoms with Crippen LogP contribution >= 0.6 is 0 Å². The number of benzene rings is 1. The summed E-state index contributed by atoms with van der Waals surface area (Å²) in [5.74, 6) is -0.657. The Morgan fingerprint density at radius 2 is 1.76 bits per heavy atom. The van der Waals surface area contributed by atoms with Gasteiger partial charge in [0.15, 0.2) is 0 Å². The number of rotatable bonds is 9. The van der Waals surface area contributed by atoms with Crippen LogP contribution < -0.4 is 15.6 Å². The highest BCUT2D eigenvalue weighted by Crippen LogP contribution is 2.18. The minimum Gasteiger partial charge on any atom is -0.435 e. The zero-order valence-electron chi connectivity index (χ0n) is 15.8. The third-order valence-electron chi connectivity index (χ3n) is 3.98. The van der Waals surface area contributed by atoms with Gasteiger partial charge in [0.05, 0.1) is 4.90 Å². The summed E-state index contributed by atoms with van der Waals surface area (Å²) < 4.78 is 55.9. The fourth-order valence-electron chi connectivity index (χ4n) is 2.57. The Kier molecular flexibility index (Phi) is 7.46. The number of carbonyl (C=O) groups excluding carboxylic acids is 1. The average molecular weight is 429 g/mol. The second kappa shape index (κ2) is 9.61. The quantitative estimate of drug-likeness (QED) is 0.659. The maximum atomic E-state index is 12.6. The van der Waals surface area contributed by atoms with Gasteiger partial charge in [-0.2, -0.15) is 13.1 Å². The molecular formula is C18H21F2N3O5S. The summed E-state index contributed by atoms with van der Waals surface area (Å²) in [5.41, 5.74) is -0.240. The summed E-state index contributed by atoms with van der Waals surface area (Å²) in [6, 6.07) is 7.52. The average Bonchev–Trinajstić information content (AvgIpc) is 2.65. The van der Waals surface area contributed by atoms with Crippen LogP contribution in [0.25, 0.3) is 0 Å². The predicted molar refractivity (Wildman–Crippen MR) is 103 cm³/mol. The molecular weight excluding hydrogens is 408 g/mol. The lowest BCUT2D eigenvalue weighted by molar-refractivity contribution is -0.116. The molecule has 0 atom stereocenters. The van der Waals surface area contributed by atoms with Crippen molar-refractivity contribution in [3.63, 3.8) is 0 Å². The van der Waals surface area contributed by atoms with Crippen molar-refractivity contribution in [1.82, 2.24) is 8.87 Å². The predicted octanol–water partition coefficient (Wildman–Crippen LogP) is 2.12. The summed E-state index contributed by atoms with van der Waals surface area (Å²) in [4.78, 5) is 24.2. The van der Waals surface area contributed by atoms with Crippen molar-refractivity contribution < 1.29 is 26.7 Å². The molecule has 0 aliphatic rings. The normalized spacial score (nSPS) is 11.7. The molecule has 0 saturated heterocycles. The van der Waals surface area contributed by atoms with E-state index in [1.807, 2.05) is 0 Å². The molecule has 1 aromatic carbocycles. The van der Waals surface area contributed by atoms with E-state index in [1.165, 1.54) is 34.6 Å². The van der Waals surface area contributed by atoms with Gasteiger partial charge in [0, 0.05) is 31.0 Å². The van der Waals surface area contributed by atoms with E-state index >= 15 is 0 Å². The number of halogens is 2. The largest absolute Gasteiger partial charge is 0.435 e. The topological polar surface area (TPSA) is 97.7 Å². The zero-order valence-corrected chi connectivity index (χ0v) is 16.7. The van der Waals surface area contributed by atoms with Gasteiger partial charge in [-0.05, 0) is 30.3 Å². The molecule has 1 N–H and O–H groups in total. The molecule has 1 amide bonds. The lowest BCUT2D eigenvalue weighted by Gasteiger charge is -2.19. The Labute approximate surface area is 166 Å². The monoisotopic (exact) mass is 429 g/mol. The number of ether oxygens (including phenoxy) is 1. The SMILES string of the molecule is CCN(CC)S(=O)(=O)c1ccc(=O)n(CC(=O)Nc2ccc(OC(F)F)cc2)c1. The first kappa shape index (κ1) is 22.5. The number of nitrogens with one attached hydrogen (secondary N) is 1. The number of amides is 1. The smallest absolute Gasteiger partial charge is 0.387 e. The van der Waals surface area contributed by atoms with Gasteiger partial charge >= 0.3 is 6.61 Å². The van der Waals surface area contributed by atoms with Gasteiger partial charge < -0.3 is 14.6 Å². The molecule has 2 aromatic rings. The van der Waals surface area contributed by atoms with Crippen molar-refractivity contribution in [3.8, 4) is 5.75 Å². The van der Waals surface area contributed by atoms with Crippen LogP contribution in [0.5, 0.6) is 5.75 Å². The van der Waals surface area contributed by atoms with Gasteiger partial charge in [-0.3, -0.25) is 9.59 Å². The van der Waals surface area contributed by atoms with Gasteiger partial charge in [0.2, 0.25) is 15.9 Å². The summed E-state index contributed by atoms with van der Waals surface area (Å²) in [6.07, 6.45) is 1.12. The van der Waals surface area contributed by atoms with Gasteiger partial charge in [-0.25, -0.2) is 8.42 Å². The molecule has 0 saturated carbocycles. The van der Waals surface area contributed by atoms with E-state index < -0.39 is 34.6 Å². The number of alkyl halides is 2. The summed E-state index contributed by atoms with van der Waals surface area (Å²) in [7, 11) is -3.78. The van der Waals surface area contributed by atoms with Crippen LogP contribution in [-0.2, 0) is 21.4 Å². The van der Waals surface area contributed by atoms with E-state index in [1.54, 1.807) is 13.8 Å². The Hall–Kier alpha value is -2.79. The molecule has 0 aliphatic heterocycles. The minimum atomic E-state index is -3.78. The number of hydrogen-bond donors (Lipinski definition) is 1. The Balaban J connectivity index is 2.15. The van der Waals surface area contributed by atoms with Crippen LogP contribution in [0.3, 0.4) is 0 Å². The molecule has 29 heavy (non-hydrogen) atoms. The molecule has 0 radical (unpaired) electrons. The van der Waals surface area contributed by atoms with E-state index in [0.29, 0.717) is 5.69 Å². The van der Waals surface area contributed by atoms with Crippen molar-refractivity contribution in [2.24, 2.45) is 0 Å². The maximum absolute atomic E-state index is 12.6. The number of anilines is 1. The van der Waals surface area contributed by atoms with Crippen molar-refractivity contribution in [2.45, 2.75) is 31.9 Å². The van der Waals surface area contributed by atoms with Gasteiger partial charge in [0.25, 0.3) is 5.56 Å². The van der Waals surface area contributed by atoms with Crippen molar-refractivity contribution >= 4 is 21.6 Å². The molecule has 1 aromatic heterocycles. The minimum absolute atomic E-state index is 0.0662. The van der Waals surface area contributed by atoms with Gasteiger partial charge in [0.1, 0.15) is 12.3 Å². The molecule has 1 heterocycles. The maximum Gasteiger partial charge on any atom is 0.387 e. The van der Waals surface area contributed by atoms with Crippen LogP contribution in [0.1, 0.15) is 13.8 Å². The molecule has 0 fully saturated rings. The van der Waals surface area contributed by atoms with Gasteiger partial charge in [-0.15, -0.1) is 0 Å². The molecule has 8 nitrogen and oxygen atoms in total. The Morgan fingerprint density at radius 1 is 1.14 bits per heavy atom. The van der Waals surface area contributed by atoms with Crippen molar-refractivity contribution in [1.29, 1.82) is 0 Å². The van der Waals surface area contributed by atoms with E-state index in [2.05, 4.69) is 10.1 Å². The standard InChI is InChI=1S/C18H21F2N3O5S/c1-3-23(4-2)29(26,27)15-9-10-17(25)22(11-15)12-16(24)21-13-5-7-14(8-6-13)28-18(19)20/h5-11,18H,3-4,12H2,1-2H3,(H,21,24). The van der Waals surface area contributed by atoms with Gasteiger partial charge in [-0.1, -0.05) is 13.8 Å². The molecule has 158 valence electrons. The van der Waals surface area contributed by atoms with Crippen LogP contribution in [0.4, 0.5) is 14.5 Å². The first-order chi connectivity index (χ1) is 13.7. The van der Waals surface area contributed by atoms with E-state index in [-0.39, 0.29) is 23.7 Å². The molecule has 0 aliphatic carbocycles.